The van der Waals surface area contributed by atoms with Gasteiger partial charge in [0.25, 0.3) is 0 Å². The fourth-order valence-electron chi connectivity index (χ4n) is 2.80. The Balaban J connectivity index is 1.89. The van der Waals surface area contributed by atoms with Crippen LogP contribution in [0.5, 0.6) is 0 Å². The Bertz CT molecular complexity index is 1010. The van der Waals surface area contributed by atoms with Crippen molar-refractivity contribution in [2.75, 3.05) is 5.32 Å². The summed E-state index contributed by atoms with van der Waals surface area (Å²) in [6.07, 6.45) is 0.433. The monoisotopic (exact) mass is 454 g/mol. The Kier molecular flexibility index (Phi) is 7.31. The molecule has 3 rings (SSSR count). The lowest BCUT2D eigenvalue weighted by molar-refractivity contribution is -0.141. The van der Waals surface area contributed by atoms with Crippen molar-refractivity contribution in [3.8, 4) is 11.4 Å². The Hall–Kier alpha value is -2.89. The van der Waals surface area contributed by atoms with Crippen LogP contribution in [0.25, 0.3) is 11.4 Å². The van der Waals surface area contributed by atoms with Crippen molar-refractivity contribution >= 4 is 23.5 Å². The number of aryl methyl sites for hydroxylation is 1. The number of alkyl halides is 3. The van der Waals surface area contributed by atoms with Crippen LogP contribution in [0.1, 0.15) is 31.9 Å². The molecular weight excluding hydrogens is 433 g/mol. The second-order valence-electron chi connectivity index (χ2n) is 6.80. The fraction of sp³-hybridized carbons (Fsp3) is 0.421. The molecule has 0 aromatic carbocycles. The van der Waals surface area contributed by atoms with E-state index in [1.807, 2.05) is 6.92 Å². The third-order valence-corrected chi connectivity index (χ3v) is 5.48. The maximum atomic E-state index is 13.3. The SMILES string of the molecule is CCCCC(Sc1nnc(-c2ccncc2)n1CC(F)(F)F)C(=O)Nc1cc(C)on1. The average molecular weight is 454 g/mol. The fourth-order valence-corrected chi connectivity index (χ4v) is 3.88. The van der Waals surface area contributed by atoms with Crippen LogP contribution < -0.4 is 5.32 Å². The van der Waals surface area contributed by atoms with E-state index in [1.165, 1.54) is 12.4 Å². The summed E-state index contributed by atoms with van der Waals surface area (Å²) in [5, 5.41) is 13.6. The summed E-state index contributed by atoms with van der Waals surface area (Å²) in [6, 6.07) is 4.67. The van der Waals surface area contributed by atoms with Gasteiger partial charge in [-0.2, -0.15) is 13.2 Å². The molecule has 166 valence electrons. The van der Waals surface area contributed by atoms with Crippen molar-refractivity contribution in [2.45, 2.75) is 56.2 Å². The number of thioether (sulfide) groups is 1. The lowest BCUT2D eigenvalue weighted by Crippen LogP contribution is -2.26. The van der Waals surface area contributed by atoms with Gasteiger partial charge in [0.15, 0.2) is 16.8 Å². The highest BCUT2D eigenvalue weighted by Crippen LogP contribution is 2.32. The molecule has 1 amide bonds. The summed E-state index contributed by atoms with van der Waals surface area (Å²) in [4.78, 5) is 16.7. The van der Waals surface area contributed by atoms with Gasteiger partial charge in [0.2, 0.25) is 5.91 Å². The summed E-state index contributed by atoms with van der Waals surface area (Å²) in [5.74, 6) is 0.446. The van der Waals surface area contributed by atoms with Crippen molar-refractivity contribution in [1.82, 2.24) is 24.9 Å². The van der Waals surface area contributed by atoms with Crippen LogP contribution in [-0.2, 0) is 11.3 Å². The number of aromatic nitrogens is 5. The third-order valence-electron chi connectivity index (χ3n) is 4.23. The van der Waals surface area contributed by atoms with Crippen LogP contribution in [0.3, 0.4) is 0 Å². The highest BCUT2D eigenvalue weighted by molar-refractivity contribution is 8.00. The number of pyridine rings is 1. The number of hydrogen-bond acceptors (Lipinski definition) is 7. The van der Waals surface area contributed by atoms with Gasteiger partial charge < -0.3 is 9.84 Å². The molecule has 3 aromatic heterocycles. The molecule has 1 N–H and O–H groups in total. The van der Waals surface area contributed by atoms with Crippen LogP contribution in [-0.4, -0.2) is 42.2 Å². The van der Waals surface area contributed by atoms with E-state index >= 15 is 0 Å². The minimum Gasteiger partial charge on any atom is -0.360 e. The Morgan fingerprint density at radius 3 is 2.65 bits per heavy atom. The largest absolute Gasteiger partial charge is 0.406 e. The number of nitrogens with zero attached hydrogens (tertiary/aromatic N) is 5. The van der Waals surface area contributed by atoms with Crippen LogP contribution in [0.2, 0.25) is 0 Å². The molecular formula is C19H21F3N6O2S. The Morgan fingerprint density at radius 2 is 2.03 bits per heavy atom. The van der Waals surface area contributed by atoms with Crippen LogP contribution in [0, 0.1) is 6.92 Å². The molecule has 12 heteroatoms. The molecule has 3 aromatic rings. The zero-order valence-electron chi connectivity index (χ0n) is 16.9. The summed E-state index contributed by atoms with van der Waals surface area (Å²) in [7, 11) is 0. The number of rotatable bonds is 9. The van der Waals surface area contributed by atoms with Gasteiger partial charge in [0, 0.05) is 24.0 Å². The molecule has 31 heavy (non-hydrogen) atoms. The topological polar surface area (TPSA) is 98.7 Å². The number of nitrogens with one attached hydrogen (secondary N) is 1. The zero-order chi connectivity index (χ0) is 22.4. The van der Waals surface area contributed by atoms with Crippen LogP contribution in [0.15, 0.2) is 40.3 Å². The van der Waals surface area contributed by atoms with E-state index in [1.54, 1.807) is 25.1 Å². The molecule has 3 heterocycles. The van der Waals surface area contributed by atoms with Crippen molar-refractivity contribution in [1.29, 1.82) is 0 Å². The lowest BCUT2D eigenvalue weighted by atomic mass is 10.2. The predicted octanol–water partition coefficient (Wildman–Crippen LogP) is 4.49. The van der Waals surface area contributed by atoms with Gasteiger partial charge >= 0.3 is 6.18 Å². The molecule has 0 aliphatic heterocycles. The smallest absolute Gasteiger partial charge is 0.360 e. The van der Waals surface area contributed by atoms with E-state index < -0.39 is 23.9 Å². The number of hydrogen-bond donors (Lipinski definition) is 1. The molecule has 1 unspecified atom stereocenters. The van der Waals surface area contributed by atoms with E-state index in [9.17, 15) is 18.0 Å². The van der Waals surface area contributed by atoms with Gasteiger partial charge in [-0.25, -0.2) is 0 Å². The minimum atomic E-state index is -4.49. The highest BCUT2D eigenvalue weighted by atomic mass is 32.2. The lowest BCUT2D eigenvalue weighted by Gasteiger charge is -2.17. The van der Waals surface area contributed by atoms with E-state index in [2.05, 4.69) is 25.7 Å². The molecule has 8 nitrogen and oxygen atoms in total. The normalized spacial score (nSPS) is 12.7. The molecule has 0 aliphatic carbocycles. The number of carbonyl (C=O) groups is 1. The molecule has 0 saturated carbocycles. The Morgan fingerprint density at radius 1 is 1.29 bits per heavy atom. The first-order chi connectivity index (χ1) is 14.8. The van der Waals surface area contributed by atoms with Crippen molar-refractivity contribution < 1.29 is 22.5 Å². The molecule has 0 spiro atoms. The number of halogens is 3. The van der Waals surface area contributed by atoms with Gasteiger partial charge in [0.05, 0.1) is 5.25 Å². The first-order valence-electron chi connectivity index (χ1n) is 9.58. The summed E-state index contributed by atoms with van der Waals surface area (Å²) < 4.78 is 45.8. The van der Waals surface area contributed by atoms with Crippen LogP contribution in [0.4, 0.5) is 19.0 Å². The predicted molar refractivity (Wildman–Crippen MR) is 108 cm³/mol. The van der Waals surface area contributed by atoms with E-state index in [-0.39, 0.29) is 16.8 Å². The molecule has 1 atom stereocenters. The highest BCUT2D eigenvalue weighted by Gasteiger charge is 2.33. The molecule has 0 radical (unpaired) electrons. The average Bonchev–Trinajstić information content (AvgIpc) is 3.30. The quantitative estimate of drug-likeness (QED) is 0.476. The summed E-state index contributed by atoms with van der Waals surface area (Å²) in [5.41, 5.74) is 0.450. The number of carbonyl (C=O) groups excluding carboxylic acids is 1. The Labute approximate surface area is 180 Å². The van der Waals surface area contributed by atoms with E-state index in [0.29, 0.717) is 24.2 Å². The first kappa shape index (κ1) is 22.8. The van der Waals surface area contributed by atoms with E-state index in [0.717, 1.165) is 22.7 Å². The third kappa shape index (κ3) is 6.29. The second kappa shape index (κ2) is 9.94. The first-order valence-corrected chi connectivity index (χ1v) is 10.5. The summed E-state index contributed by atoms with van der Waals surface area (Å²) >= 11 is 0.949. The molecule has 0 bridgehead atoms. The van der Waals surface area contributed by atoms with Gasteiger partial charge in [-0.1, -0.05) is 36.7 Å². The standard InChI is InChI=1S/C19H21F3N6O2S/c1-3-4-5-14(17(29)24-15-10-12(2)30-27-15)31-18-26-25-16(13-6-8-23-9-7-13)28(18)11-19(20,21)22/h6-10,14H,3-5,11H2,1-2H3,(H,24,27,29). The maximum Gasteiger partial charge on any atom is 0.406 e. The number of amides is 1. The van der Waals surface area contributed by atoms with Crippen LogP contribution >= 0.6 is 11.8 Å². The van der Waals surface area contributed by atoms with Crippen molar-refractivity contribution in [3.63, 3.8) is 0 Å². The van der Waals surface area contributed by atoms with Gasteiger partial charge in [-0.05, 0) is 25.5 Å². The number of unbranched alkanes of at least 4 members (excludes halogenated alkanes) is 1. The molecule has 0 fully saturated rings. The molecule has 0 aliphatic rings. The van der Waals surface area contributed by atoms with Gasteiger partial charge in [0.1, 0.15) is 12.3 Å². The van der Waals surface area contributed by atoms with Gasteiger partial charge in [-0.3, -0.25) is 14.3 Å². The maximum absolute atomic E-state index is 13.3. The van der Waals surface area contributed by atoms with Gasteiger partial charge in [-0.15, -0.1) is 10.2 Å². The zero-order valence-corrected chi connectivity index (χ0v) is 17.7. The minimum absolute atomic E-state index is 0.0109. The number of anilines is 1. The summed E-state index contributed by atoms with van der Waals surface area (Å²) in [6.45, 7) is 2.38. The van der Waals surface area contributed by atoms with Crippen molar-refractivity contribution in [3.05, 3.63) is 36.4 Å². The van der Waals surface area contributed by atoms with E-state index in [4.69, 9.17) is 4.52 Å². The molecule has 0 saturated heterocycles. The van der Waals surface area contributed by atoms with Crippen molar-refractivity contribution in [2.24, 2.45) is 0 Å². The second-order valence-corrected chi connectivity index (χ2v) is 7.97.